The van der Waals surface area contributed by atoms with Crippen LogP contribution in [0.3, 0.4) is 0 Å². The maximum absolute atomic E-state index is 9.42. The summed E-state index contributed by atoms with van der Waals surface area (Å²) in [5, 5.41) is 11.4. The van der Waals surface area contributed by atoms with E-state index in [2.05, 4.69) is 6.92 Å². The molecule has 1 N–H and O–H groups in total. The van der Waals surface area contributed by atoms with E-state index in [-0.39, 0.29) is 6.10 Å². The van der Waals surface area contributed by atoms with Gasteiger partial charge in [-0.25, -0.2) is 0 Å². The van der Waals surface area contributed by atoms with E-state index in [4.69, 9.17) is 0 Å². The van der Waals surface area contributed by atoms with Gasteiger partial charge in [-0.2, -0.15) is 0 Å². The Morgan fingerprint density at radius 1 is 1.70 bits per heavy atom. The van der Waals surface area contributed by atoms with Gasteiger partial charge in [-0.05, 0) is 17.9 Å². The van der Waals surface area contributed by atoms with Gasteiger partial charge in [-0.15, -0.1) is 11.3 Å². The first-order valence-electron chi connectivity index (χ1n) is 3.56. The van der Waals surface area contributed by atoms with Crippen molar-refractivity contribution in [2.75, 3.05) is 0 Å². The molecule has 0 radical (unpaired) electrons. The van der Waals surface area contributed by atoms with E-state index in [0.717, 1.165) is 17.7 Å². The second-order valence-electron chi connectivity index (χ2n) is 2.32. The molecule has 1 aromatic heterocycles. The van der Waals surface area contributed by atoms with Crippen molar-refractivity contribution in [2.24, 2.45) is 0 Å². The molecule has 0 amide bonds. The monoisotopic (exact) mass is 156 g/mol. The van der Waals surface area contributed by atoms with Crippen molar-refractivity contribution >= 4 is 11.3 Å². The minimum atomic E-state index is -0.231. The van der Waals surface area contributed by atoms with E-state index >= 15 is 0 Å². The topological polar surface area (TPSA) is 20.2 Å². The average molecular weight is 156 g/mol. The van der Waals surface area contributed by atoms with Crippen LogP contribution < -0.4 is 0 Å². The Morgan fingerprint density at radius 2 is 2.50 bits per heavy atom. The molecule has 0 aliphatic carbocycles. The molecule has 2 heteroatoms. The highest BCUT2D eigenvalue weighted by Gasteiger charge is 2.05. The first-order chi connectivity index (χ1) is 4.84. The molecule has 56 valence electrons. The highest BCUT2D eigenvalue weighted by Crippen LogP contribution is 2.22. The molecule has 1 atom stereocenters. The summed E-state index contributed by atoms with van der Waals surface area (Å²) in [6.45, 7) is 2.08. The van der Waals surface area contributed by atoms with Crippen LogP contribution in [-0.4, -0.2) is 5.11 Å². The van der Waals surface area contributed by atoms with Crippen LogP contribution in [0.5, 0.6) is 0 Å². The van der Waals surface area contributed by atoms with Crippen molar-refractivity contribution in [1.82, 2.24) is 0 Å². The molecule has 0 unspecified atom stereocenters. The molecule has 0 spiro atoms. The lowest BCUT2D eigenvalue weighted by atomic mass is 10.2. The smallest absolute Gasteiger partial charge is 0.0881 e. The standard InChI is InChI=1S/C8H12OS/c1-2-4-7(9)8-5-3-6-10-8/h3,5-7,9H,2,4H2,1H3/t7-/m1/s1. The van der Waals surface area contributed by atoms with Crippen LogP contribution in [0.15, 0.2) is 17.5 Å². The fraction of sp³-hybridized carbons (Fsp3) is 0.500. The van der Waals surface area contributed by atoms with Crippen LogP contribution in [0.2, 0.25) is 0 Å². The SMILES string of the molecule is CCC[C@@H](O)c1cccs1. The van der Waals surface area contributed by atoms with Gasteiger partial charge in [0.2, 0.25) is 0 Å². The largest absolute Gasteiger partial charge is 0.388 e. The molecule has 1 nitrogen and oxygen atoms in total. The van der Waals surface area contributed by atoms with Crippen molar-refractivity contribution in [1.29, 1.82) is 0 Å². The van der Waals surface area contributed by atoms with Crippen molar-refractivity contribution in [3.8, 4) is 0 Å². The Morgan fingerprint density at radius 3 is 3.00 bits per heavy atom. The second kappa shape index (κ2) is 3.74. The quantitative estimate of drug-likeness (QED) is 0.713. The van der Waals surface area contributed by atoms with E-state index in [1.807, 2.05) is 17.5 Å². The predicted octanol–water partition coefficient (Wildman–Crippen LogP) is 2.58. The summed E-state index contributed by atoms with van der Waals surface area (Å²) in [4.78, 5) is 1.09. The zero-order valence-corrected chi connectivity index (χ0v) is 6.90. The van der Waals surface area contributed by atoms with Gasteiger partial charge in [0.15, 0.2) is 0 Å². The molecule has 0 aliphatic rings. The summed E-state index contributed by atoms with van der Waals surface area (Å²) in [5.74, 6) is 0. The number of hydrogen-bond acceptors (Lipinski definition) is 2. The molecular formula is C8H12OS. The Kier molecular flexibility index (Phi) is 2.90. The maximum atomic E-state index is 9.42. The molecule has 10 heavy (non-hydrogen) atoms. The van der Waals surface area contributed by atoms with Gasteiger partial charge in [-0.3, -0.25) is 0 Å². The van der Waals surface area contributed by atoms with Crippen LogP contribution in [-0.2, 0) is 0 Å². The summed E-state index contributed by atoms with van der Waals surface area (Å²) in [6.07, 6.45) is 1.68. The van der Waals surface area contributed by atoms with E-state index in [1.54, 1.807) is 11.3 Å². The third-order valence-electron chi connectivity index (χ3n) is 1.43. The molecule has 1 aromatic rings. The minimum Gasteiger partial charge on any atom is -0.388 e. The molecule has 1 rings (SSSR count). The van der Waals surface area contributed by atoms with Gasteiger partial charge in [0, 0.05) is 4.88 Å². The molecule has 0 aromatic carbocycles. The molecule has 0 fully saturated rings. The summed E-state index contributed by atoms with van der Waals surface area (Å²) in [6, 6.07) is 3.95. The molecule has 0 aliphatic heterocycles. The average Bonchev–Trinajstić information content (AvgIpc) is 2.38. The Bertz CT molecular complexity index is 169. The normalized spacial score (nSPS) is 13.4. The van der Waals surface area contributed by atoms with Gasteiger partial charge in [-0.1, -0.05) is 19.4 Å². The van der Waals surface area contributed by atoms with Crippen LogP contribution in [0, 0.1) is 0 Å². The molecule has 0 saturated carbocycles. The van der Waals surface area contributed by atoms with E-state index < -0.39 is 0 Å². The fourth-order valence-corrected chi connectivity index (χ4v) is 1.64. The molecule has 0 bridgehead atoms. The van der Waals surface area contributed by atoms with Crippen molar-refractivity contribution in [3.63, 3.8) is 0 Å². The first-order valence-corrected chi connectivity index (χ1v) is 4.44. The summed E-state index contributed by atoms with van der Waals surface area (Å²) >= 11 is 1.62. The zero-order chi connectivity index (χ0) is 7.40. The Labute approximate surface area is 65.3 Å². The lowest BCUT2D eigenvalue weighted by Gasteiger charge is -2.04. The van der Waals surface area contributed by atoms with E-state index in [9.17, 15) is 5.11 Å². The summed E-state index contributed by atoms with van der Waals surface area (Å²) < 4.78 is 0. The zero-order valence-electron chi connectivity index (χ0n) is 6.08. The number of aliphatic hydroxyl groups excluding tert-OH is 1. The lowest BCUT2D eigenvalue weighted by Crippen LogP contribution is -1.91. The van der Waals surface area contributed by atoms with Crippen LogP contribution >= 0.6 is 11.3 Å². The van der Waals surface area contributed by atoms with Crippen LogP contribution in [0.25, 0.3) is 0 Å². The third kappa shape index (κ3) is 1.82. The summed E-state index contributed by atoms with van der Waals surface area (Å²) in [7, 11) is 0. The maximum Gasteiger partial charge on any atom is 0.0881 e. The third-order valence-corrected chi connectivity index (χ3v) is 2.41. The van der Waals surface area contributed by atoms with Gasteiger partial charge < -0.3 is 5.11 Å². The van der Waals surface area contributed by atoms with Crippen molar-refractivity contribution < 1.29 is 5.11 Å². The predicted molar refractivity (Wildman–Crippen MR) is 44.2 cm³/mol. The van der Waals surface area contributed by atoms with Gasteiger partial charge >= 0.3 is 0 Å². The molecular weight excluding hydrogens is 144 g/mol. The first kappa shape index (κ1) is 7.76. The van der Waals surface area contributed by atoms with E-state index in [0.29, 0.717) is 0 Å². The second-order valence-corrected chi connectivity index (χ2v) is 3.30. The number of hydrogen-bond donors (Lipinski definition) is 1. The van der Waals surface area contributed by atoms with Crippen LogP contribution in [0.4, 0.5) is 0 Å². The Hall–Kier alpha value is -0.340. The van der Waals surface area contributed by atoms with Crippen LogP contribution in [0.1, 0.15) is 30.7 Å². The molecule has 1 heterocycles. The van der Waals surface area contributed by atoms with E-state index in [1.165, 1.54) is 0 Å². The fourth-order valence-electron chi connectivity index (χ4n) is 0.897. The number of aliphatic hydroxyl groups is 1. The van der Waals surface area contributed by atoms with Gasteiger partial charge in [0.1, 0.15) is 0 Å². The van der Waals surface area contributed by atoms with Gasteiger partial charge in [0.25, 0.3) is 0 Å². The number of thiophene rings is 1. The summed E-state index contributed by atoms with van der Waals surface area (Å²) in [5.41, 5.74) is 0. The Balaban J connectivity index is 2.50. The highest BCUT2D eigenvalue weighted by molar-refractivity contribution is 7.10. The molecule has 0 saturated heterocycles. The number of rotatable bonds is 3. The highest BCUT2D eigenvalue weighted by atomic mass is 32.1. The minimum absolute atomic E-state index is 0.231. The van der Waals surface area contributed by atoms with Crippen molar-refractivity contribution in [3.05, 3.63) is 22.4 Å². The lowest BCUT2D eigenvalue weighted by molar-refractivity contribution is 0.170. The van der Waals surface area contributed by atoms with Crippen molar-refractivity contribution in [2.45, 2.75) is 25.9 Å². The van der Waals surface area contributed by atoms with Gasteiger partial charge in [0.05, 0.1) is 6.10 Å².